The van der Waals surface area contributed by atoms with E-state index in [2.05, 4.69) is 14.8 Å². The SMILES string of the molecule is COC(=O)/C=C(/Nc1c(CC(=O)O)cccc1C(=O)c1ccccc1)C(=O)OC. The van der Waals surface area contributed by atoms with Gasteiger partial charge in [-0.15, -0.1) is 0 Å². The topological polar surface area (TPSA) is 119 Å². The van der Waals surface area contributed by atoms with Crippen LogP contribution in [0.3, 0.4) is 0 Å². The van der Waals surface area contributed by atoms with Crippen LogP contribution in [-0.2, 0) is 30.3 Å². The smallest absolute Gasteiger partial charge is 0.354 e. The average molecular weight is 397 g/mol. The van der Waals surface area contributed by atoms with Crippen molar-refractivity contribution in [3.05, 3.63) is 77.0 Å². The van der Waals surface area contributed by atoms with Crippen LogP contribution in [0.4, 0.5) is 5.69 Å². The van der Waals surface area contributed by atoms with Crippen molar-refractivity contribution in [1.82, 2.24) is 0 Å². The molecule has 0 radical (unpaired) electrons. The lowest BCUT2D eigenvalue weighted by molar-refractivity contribution is -0.138. The van der Waals surface area contributed by atoms with Gasteiger partial charge >= 0.3 is 17.9 Å². The molecule has 0 aliphatic heterocycles. The number of para-hydroxylation sites is 1. The maximum Gasteiger partial charge on any atom is 0.354 e. The molecule has 2 N–H and O–H groups in total. The number of benzene rings is 2. The lowest BCUT2D eigenvalue weighted by atomic mass is 9.97. The van der Waals surface area contributed by atoms with Crippen molar-refractivity contribution in [2.45, 2.75) is 6.42 Å². The van der Waals surface area contributed by atoms with Crippen molar-refractivity contribution in [3.63, 3.8) is 0 Å². The van der Waals surface area contributed by atoms with E-state index < -0.39 is 24.3 Å². The van der Waals surface area contributed by atoms with E-state index in [1.54, 1.807) is 36.4 Å². The van der Waals surface area contributed by atoms with Gasteiger partial charge in [0.2, 0.25) is 0 Å². The lowest BCUT2D eigenvalue weighted by Crippen LogP contribution is -2.19. The first-order chi connectivity index (χ1) is 13.9. The number of carbonyl (C=O) groups is 4. The molecule has 0 spiro atoms. The largest absolute Gasteiger partial charge is 0.481 e. The number of aliphatic carboxylic acids is 1. The number of carbonyl (C=O) groups excluding carboxylic acids is 3. The van der Waals surface area contributed by atoms with Crippen molar-refractivity contribution in [3.8, 4) is 0 Å². The molecule has 0 bridgehead atoms. The van der Waals surface area contributed by atoms with Crippen LogP contribution in [0.1, 0.15) is 21.5 Å². The number of nitrogens with one attached hydrogen (secondary N) is 1. The molecule has 0 saturated carbocycles. The third-order valence-corrected chi connectivity index (χ3v) is 3.90. The molecule has 2 rings (SSSR count). The molecule has 0 amide bonds. The number of esters is 2. The third kappa shape index (κ3) is 5.52. The zero-order valence-electron chi connectivity index (χ0n) is 15.8. The molecule has 0 aliphatic carbocycles. The Bertz CT molecular complexity index is 964. The maximum atomic E-state index is 13.0. The second-order valence-corrected chi connectivity index (χ2v) is 5.80. The lowest BCUT2D eigenvalue weighted by Gasteiger charge is -2.16. The first kappa shape index (κ1) is 21.4. The molecular formula is C21H19NO7. The average Bonchev–Trinajstić information content (AvgIpc) is 2.73. The first-order valence-corrected chi connectivity index (χ1v) is 8.45. The summed E-state index contributed by atoms with van der Waals surface area (Å²) in [4.78, 5) is 48.0. The maximum absolute atomic E-state index is 13.0. The number of methoxy groups -OCH3 is 2. The van der Waals surface area contributed by atoms with E-state index >= 15 is 0 Å². The van der Waals surface area contributed by atoms with E-state index in [0.717, 1.165) is 20.3 Å². The van der Waals surface area contributed by atoms with Gasteiger partial charge in [-0.1, -0.05) is 42.5 Å². The summed E-state index contributed by atoms with van der Waals surface area (Å²) in [6, 6.07) is 12.9. The summed E-state index contributed by atoms with van der Waals surface area (Å²) in [7, 11) is 2.25. The van der Waals surface area contributed by atoms with E-state index in [-0.39, 0.29) is 28.3 Å². The Morgan fingerprint density at radius 3 is 2.24 bits per heavy atom. The van der Waals surface area contributed by atoms with E-state index in [1.807, 2.05) is 0 Å². The molecule has 0 fully saturated rings. The fourth-order valence-electron chi connectivity index (χ4n) is 2.56. The monoisotopic (exact) mass is 397 g/mol. The highest BCUT2D eigenvalue weighted by Crippen LogP contribution is 2.26. The van der Waals surface area contributed by atoms with Crippen LogP contribution >= 0.6 is 0 Å². The Labute approximate surface area is 166 Å². The number of hydrogen-bond donors (Lipinski definition) is 2. The number of anilines is 1. The Morgan fingerprint density at radius 1 is 0.966 bits per heavy atom. The molecule has 0 saturated heterocycles. The third-order valence-electron chi connectivity index (χ3n) is 3.90. The standard InChI is InChI=1S/C21H19NO7/c1-28-18(25)12-16(21(27)29-2)22-19-14(11-17(23)24)9-6-10-15(19)20(26)13-7-4-3-5-8-13/h3-10,12,22H,11H2,1-2H3,(H,23,24)/b16-12+. The van der Waals surface area contributed by atoms with Gasteiger partial charge in [0.25, 0.3) is 0 Å². The zero-order chi connectivity index (χ0) is 21.4. The Balaban J connectivity index is 2.61. The fourth-order valence-corrected chi connectivity index (χ4v) is 2.56. The van der Waals surface area contributed by atoms with Gasteiger partial charge in [0.05, 0.1) is 32.4 Å². The molecule has 8 heteroatoms. The fraction of sp³-hybridized carbons (Fsp3) is 0.143. The van der Waals surface area contributed by atoms with Crippen LogP contribution in [0.2, 0.25) is 0 Å². The molecule has 0 aliphatic rings. The second kappa shape index (κ2) is 9.84. The Kier molecular flexibility index (Phi) is 7.25. The van der Waals surface area contributed by atoms with Crippen molar-refractivity contribution in [2.75, 3.05) is 19.5 Å². The van der Waals surface area contributed by atoms with Gasteiger partial charge in [-0.25, -0.2) is 9.59 Å². The van der Waals surface area contributed by atoms with Crippen LogP contribution in [0.15, 0.2) is 60.3 Å². The molecule has 29 heavy (non-hydrogen) atoms. The van der Waals surface area contributed by atoms with Crippen LogP contribution in [0.25, 0.3) is 0 Å². The minimum atomic E-state index is -1.13. The van der Waals surface area contributed by atoms with Crippen LogP contribution in [0, 0.1) is 0 Å². The van der Waals surface area contributed by atoms with Crippen LogP contribution < -0.4 is 5.32 Å². The van der Waals surface area contributed by atoms with E-state index in [0.29, 0.717) is 5.56 Å². The Hall–Kier alpha value is -3.94. The molecule has 2 aromatic rings. The summed E-state index contributed by atoms with van der Waals surface area (Å²) in [5.74, 6) is -3.24. The van der Waals surface area contributed by atoms with Gasteiger partial charge in [0.1, 0.15) is 5.70 Å². The summed E-state index contributed by atoms with van der Waals surface area (Å²) in [6.07, 6.45) is 0.449. The second-order valence-electron chi connectivity index (χ2n) is 5.80. The van der Waals surface area contributed by atoms with E-state index in [1.165, 1.54) is 12.1 Å². The molecule has 0 heterocycles. The van der Waals surface area contributed by atoms with Crippen molar-refractivity contribution >= 4 is 29.4 Å². The van der Waals surface area contributed by atoms with Gasteiger partial charge in [0.15, 0.2) is 5.78 Å². The van der Waals surface area contributed by atoms with Crippen molar-refractivity contribution < 1.29 is 33.8 Å². The summed E-state index contributed by atoms with van der Waals surface area (Å²) in [5.41, 5.74) is 0.539. The van der Waals surface area contributed by atoms with Crippen molar-refractivity contribution in [1.29, 1.82) is 0 Å². The van der Waals surface area contributed by atoms with Gasteiger partial charge < -0.3 is 19.9 Å². The molecule has 0 unspecified atom stereocenters. The predicted molar refractivity (Wildman–Crippen MR) is 103 cm³/mol. The number of rotatable bonds is 8. The molecule has 0 aromatic heterocycles. The van der Waals surface area contributed by atoms with Crippen LogP contribution in [0.5, 0.6) is 0 Å². The van der Waals surface area contributed by atoms with Crippen molar-refractivity contribution in [2.24, 2.45) is 0 Å². The summed E-state index contributed by atoms with van der Waals surface area (Å²) in [5, 5.41) is 11.9. The molecule has 0 atom stereocenters. The number of ketones is 1. The summed E-state index contributed by atoms with van der Waals surface area (Å²) < 4.78 is 9.19. The van der Waals surface area contributed by atoms with Gasteiger partial charge in [-0.2, -0.15) is 0 Å². The molecular weight excluding hydrogens is 378 g/mol. The van der Waals surface area contributed by atoms with Gasteiger partial charge in [0, 0.05) is 11.1 Å². The molecule has 2 aromatic carbocycles. The summed E-state index contributed by atoms with van der Waals surface area (Å²) >= 11 is 0. The number of hydrogen-bond acceptors (Lipinski definition) is 7. The minimum Gasteiger partial charge on any atom is -0.481 e. The van der Waals surface area contributed by atoms with Gasteiger partial charge in [-0.05, 0) is 11.6 Å². The minimum absolute atomic E-state index is 0.0873. The predicted octanol–water partition coefficient (Wildman–Crippen LogP) is 2.19. The molecule has 150 valence electrons. The number of carboxylic acid groups (broad SMARTS) is 1. The van der Waals surface area contributed by atoms with Gasteiger partial charge in [-0.3, -0.25) is 9.59 Å². The normalized spacial score (nSPS) is 10.8. The number of ether oxygens (including phenoxy) is 2. The van der Waals surface area contributed by atoms with E-state index in [9.17, 15) is 24.3 Å². The highest BCUT2D eigenvalue weighted by Gasteiger charge is 2.21. The summed E-state index contributed by atoms with van der Waals surface area (Å²) in [6.45, 7) is 0. The zero-order valence-corrected chi connectivity index (χ0v) is 15.8. The highest BCUT2D eigenvalue weighted by atomic mass is 16.5. The first-order valence-electron chi connectivity index (χ1n) is 8.45. The van der Waals surface area contributed by atoms with E-state index in [4.69, 9.17) is 0 Å². The molecule has 8 nitrogen and oxygen atoms in total. The quantitative estimate of drug-likeness (QED) is 0.395. The highest BCUT2D eigenvalue weighted by molar-refractivity contribution is 6.13. The van der Waals surface area contributed by atoms with Crippen LogP contribution in [-0.4, -0.2) is 43.0 Å². The number of carboxylic acids is 1. The Morgan fingerprint density at radius 2 is 1.66 bits per heavy atom.